The quantitative estimate of drug-likeness (QED) is 0.671. The third-order valence-electron chi connectivity index (χ3n) is 2.48. The van der Waals surface area contributed by atoms with E-state index >= 15 is 0 Å². The van der Waals surface area contributed by atoms with Gasteiger partial charge in [-0.05, 0) is 18.8 Å². The number of amides is 1. The van der Waals surface area contributed by atoms with E-state index in [1.807, 2.05) is 13.8 Å². The number of carbonyl (C=O) groups is 1. The van der Waals surface area contributed by atoms with Gasteiger partial charge in [-0.3, -0.25) is 4.79 Å². The molecule has 0 aliphatic rings. The Kier molecular flexibility index (Phi) is 7.54. The van der Waals surface area contributed by atoms with E-state index in [0.717, 1.165) is 6.54 Å². The molecule has 0 aliphatic carbocycles. The van der Waals surface area contributed by atoms with E-state index < -0.39 is 0 Å². The van der Waals surface area contributed by atoms with E-state index in [4.69, 9.17) is 0 Å². The molecule has 0 rings (SSSR count). The number of rotatable bonds is 7. The molecule has 0 heterocycles. The largest absolute Gasteiger partial charge is 0.356 e. The lowest BCUT2D eigenvalue weighted by atomic mass is 9.98. The van der Waals surface area contributed by atoms with Gasteiger partial charge in [0.05, 0.1) is 0 Å². The van der Waals surface area contributed by atoms with Gasteiger partial charge in [-0.15, -0.1) is 0 Å². The van der Waals surface area contributed by atoms with Crippen molar-refractivity contribution >= 4 is 5.91 Å². The molecule has 2 nitrogen and oxygen atoms in total. The number of hydrogen-bond donors (Lipinski definition) is 1. The lowest BCUT2D eigenvalue weighted by molar-refractivity contribution is -0.124. The van der Waals surface area contributed by atoms with Gasteiger partial charge >= 0.3 is 0 Å². The van der Waals surface area contributed by atoms with E-state index in [0.29, 0.717) is 5.92 Å². The molecule has 0 aliphatic heterocycles. The van der Waals surface area contributed by atoms with Crippen LogP contribution in [0.25, 0.3) is 0 Å². The molecule has 84 valence electrons. The molecule has 0 saturated heterocycles. The highest BCUT2D eigenvalue weighted by Gasteiger charge is 2.10. The van der Waals surface area contributed by atoms with Crippen molar-refractivity contribution in [2.24, 2.45) is 11.8 Å². The second-order valence-corrected chi connectivity index (χ2v) is 4.34. The average molecular weight is 199 g/mol. The molecule has 14 heavy (non-hydrogen) atoms. The van der Waals surface area contributed by atoms with Crippen molar-refractivity contribution in [2.45, 2.75) is 53.4 Å². The summed E-state index contributed by atoms with van der Waals surface area (Å²) in [7, 11) is 0. The SMILES string of the molecule is CCCC(CCC)CNC(=O)C(C)C. The van der Waals surface area contributed by atoms with Crippen LogP contribution in [0.1, 0.15) is 53.4 Å². The Morgan fingerprint density at radius 1 is 1.14 bits per heavy atom. The summed E-state index contributed by atoms with van der Waals surface area (Å²) in [5.41, 5.74) is 0. The molecule has 0 aromatic carbocycles. The van der Waals surface area contributed by atoms with Crippen LogP contribution in [-0.2, 0) is 4.79 Å². The van der Waals surface area contributed by atoms with Crippen LogP contribution < -0.4 is 5.32 Å². The minimum atomic E-state index is 0.110. The van der Waals surface area contributed by atoms with Crippen molar-refractivity contribution in [3.8, 4) is 0 Å². The molecular weight excluding hydrogens is 174 g/mol. The van der Waals surface area contributed by atoms with Gasteiger partial charge in [0, 0.05) is 12.5 Å². The van der Waals surface area contributed by atoms with Crippen molar-refractivity contribution < 1.29 is 4.79 Å². The van der Waals surface area contributed by atoms with E-state index in [2.05, 4.69) is 19.2 Å². The summed E-state index contributed by atoms with van der Waals surface area (Å²) in [6.07, 6.45) is 4.88. The minimum absolute atomic E-state index is 0.110. The van der Waals surface area contributed by atoms with Crippen molar-refractivity contribution in [1.82, 2.24) is 5.32 Å². The Morgan fingerprint density at radius 2 is 1.64 bits per heavy atom. The molecule has 0 spiro atoms. The lowest BCUT2D eigenvalue weighted by Gasteiger charge is -2.16. The van der Waals surface area contributed by atoms with Crippen LogP contribution in [0.15, 0.2) is 0 Å². The summed E-state index contributed by atoms with van der Waals surface area (Å²) in [6, 6.07) is 0. The monoisotopic (exact) mass is 199 g/mol. The van der Waals surface area contributed by atoms with Gasteiger partial charge in [-0.2, -0.15) is 0 Å². The van der Waals surface area contributed by atoms with Crippen LogP contribution in [0.5, 0.6) is 0 Å². The van der Waals surface area contributed by atoms with E-state index in [1.54, 1.807) is 0 Å². The highest BCUT2D eigenvalue weighted by Crippen LogP contribution is 2.12. The molecule has 0 fully saturated rings. The molecular formula is C12H25NO. The van der Waals surface area contributed by atoms with Gasteiger partial charge in [0.15, 0.2) is 0 Å². The fourth-order valence-corrected chi connectivity index (χ4v) is 1.61. The molecule has 0 aromatic rings. The van der Waals surface area contributed by atoms with E-state index in [9.17, 15) is 4.79 Å². The molecule has 0 unspecified atom stereocenters. The zero-order valence-corrected chi connectivity index (χ0v) is 10.1. The Bertz CT molecular complexity index is 148. The smallest absolute Gasteiger partial charge is 0.222 e. The summed E-state index contributed by atoms with van der Waals surface area (Å²) < 4.78 is 0. The lowest BCUT2D eigenvalue weighted by Crippen LogP contribution is -2.32. The summed E-state index contributed by atoms with van der Waals surface area (Å²) in [6.45, 7) is 9.13. The second-order valence-electron chi connectivity index (χ2n) is 4.34. The summed E-state index contributed by atoms with van der Waals surface area (Å²) in [5, 5.41) is 3.01. The Hall–Kier alpha value is -0.530. The van der Waals surface area contributed by atoms with Gasteiger partial charge in [0.1, 0.15) is 0 Å². The third-order valence-corrected chi connectivity index (χ3v) is 2.48. The first-order valence-corrected chi connectivity index (χ1v) is 5.89. The molecule has 0 saturated carbocycles. The Morgan fingerprint density at radius 3 is 2.00 bits per heavy atom. The minimum Gasteiger partial charge on any atom is -0.356 e. The molecule has 0 aromatic heterocycles. The highest BCUT2D eigenvalue weighted by molar-refractivity contribution is 5.77. The fourth-order valence-electron chi connectivity index (χ4n) is 1.61. The molecule has 2 heteroatoms. The number of carbonyl (C=O) groups excluding carboxylic acids is 1. The maximum absolute atomic E-state index is 11.3. The number of hydrogen-bond acceptors (Lipinski definition) is 1. The summed E-state index contributed by atoms with van der Waals surface area (Å²) >= 11 is 0. The second kappa shape index (κ2) is 7.84. The molecule has 0 bridgehead atoms. The predicted octanol–water partition coefficient (Wildman–Crippen LogP) is 2.98. The molecule has 1 amide bonds. The Labute approximate surface area is 88.5 Å². The first kappa shape index (κ1) is 13.5. The van der Waals surface area contributed by atoms with Gasteiger partial charge in [-0.1, -0.05) is 40.5 Å². The standard InChI is InChI=1S/C12H25NO/c1-5-7-11(8-6-2)9-13-12(14)10(3)4/h10-11H,5-9H2,1-4H3,(H,13,14). The highest BCUT2D eigenvalue weighted by atomic mass is 16.1. The summed E-state index contributed by atoms with van der Waals surface area (Å²) in [4.78, 5) is 11.3. The molecule has 1 N–H and O–H groups in total. The number of nitrogens with one attached hydrogen (secondary N) is 1. The van der Waals surface area contributed by atoms with E-state index in [1.165, 1.54) is 25.7 Å². The maximum Gasteiger partial charge on any atom is 0.222 e. The van der Waals surface area contributed by atoms with Crippen LogP contribution in [0.2, 0.25) is 0 Å². The van der Waals surface area contributed by atoms with Crippen molar-refractivity contribution in [2.75, 3.05) is 6.54 Å². The van der Waals surface area contributed by atoms with Gasteiger partial charge in [-0.25, -0.2) is 0 Å². The van der Waals surface area contributed by atoms with Crippen molar-refractivity contribution in [3.63, 3.8) is 0 Å². The average Bonchev–Trinajstić information content (AvgIpc) is 2.14. The maximum atomic E-state index is 11.3. The topological polar surface area (TPSA) is 29.1 Å². The predicted molar refractivity (Wildman–Crippen MR) is 61.2 cm³/mol. The van der Waals surface area contributed by atoms with Crippen molar-refractivity contribution in [3.05, 3.63) is 0 Å². The van der Waals surface area contributed by atoms with Gasteiger partial charge in [0.25, 0.3) is 0 Å². The van der Waals surface area contributed by atoms with Gasteiger partial charge < -0.3 is 5.32 Å². The van der Waals surface area contributed by atoms with Crippen LogP contribution in [0.3, 0.4) is 0 Å². The van der Waals surface area contributed by atoms with Crippen molar-refractivity contribution in [1.29, 1.82) is 0 Å². The first-order chi connectivity index (χ1) is 6.61. The van der Waals surface area contributed by atoms with Crippen LogP contribution >= 0.6 is 0 Å². The van der Waals surface area contributed by atoms with E-state index in [-0.39, 0.29) is 11.8 Å². The first-order valence-electron chi connectivity index (χ1n) is 5.89. The molecule has 0 atom stereocenters. The van der Waals surface area contributed by atoms with Crippen LogP contribution in [0.4, 0.5) is 0 Å². The Balaban J connectivity index is 3.74. The fraction of sp³-hybridized carbons (Fsp3) is 0.917. The van der Waals surface area contributed by atoms with Gasteiger partial charge in [0.2, 0.25) is 5.91 Å². The van der Waals surface area contributed by atoms with Crippen LogP contribution in [-0.4, -0.2) is 12.5 Å². The normalized spacial score (nSPS) is 11.0. The van der Waals surface area contributed by atoms with Crippen LogP contribution in [0, 0.1) is 11.8 Å². The summed E-state index contributed by atoms with van der Waals surface area (Å²) in [5.74, 6) is 0.966. The molecule has 0 radical (unpaired) electrons. The zero-order valence-electron chi connectivity index (χ0n) is 10.1. The third kappa shape index (κ3) is 6.01. The zero-order chi connectivity index (χ0) is 11.0.